The van der Waals surface area contributed by atoms with E-state index in [4.69, 9.17) is 15.6 Å². The van der Waals surface area contributed by atoms with Crippen LogP contribution in [0.5, 0.6) is 11.5 Å². The molecule has 0 unspecified atom stereocenters. The number of primary amides is 1. The Balaban J connectivity index is 2.06. The monoisotopic (exact) mass is 274 g/mol. The van der Waals surface area contributed by atoms with Crippen molar-refractivity contribution >= 4 is 11.9 Å². The summed E-state index contributed by atoms with van der Waals surface area (Å²) in [7, 11) is 0. The number of aliphatic carboxylic acids is 1. The molecule has 1 aromatic heterocycles. The SMILES string of the molecule is NC(=O)c1cc(Oc2cccc(CCC(=O)O)c2)c[nH]1. The summed E-state index contributed by atoms with van der Waals surface area (Å²) in [6.45, 7) is 0. The van der Waals surface area contributed by atoms with Crippen LogP contribution in [0.1, 0.15) is 22.5 Å². The van der Waals surface area contributed by atoms with Gasteiger partial charge >= 0.3 is 5.97 Å². The number of hydrogen-bond acceptors (Lipinski definition) is 3. The van der Waals surface area contributed by atoms with Crippen LogP contribution in [0.2, 0.25) is 0 Å². The molecule has 6 heteroatoms. The lowest BCUT2D eigenvalue weighted by Crippen LogP contribution is -2.10. The van der Waals surface area contributed by atoms with Gasteiger partial charge in [0.1, 0.15) is 17.2 Å². The van der Waals surface area contributed by atoms with Gasteiger partial charge in [-0.05, 0) is 24.1 Å². The average Bonchev–Trinajstić information content (AvgIpc) is 2.85. The molecule has 0 aliphatic carbocycles. The van der Waals surface area contributed by atoms with E-state index in [0.29, 0.717) is 17.9 Å². The van der Waals surface area contributed by atoms with Gasteiger partial charge in [-0.1, -0.05) is 12.1 Å². The molecule has 20 heavy (non-hydrogen) atoms. The Kier molecular flexibility index (Phi) is 4.05. The Morgan fingerprint density at radius 3 is 2.70 bits per heavy atom. The fourth-order valence-corrected chi connectivity index (χ4v) is 1.73. The van der Waals surface area contributed by atoms with Crippen LogP contribution in [0.4, 0.5) is 0 Å². The second-order valence-electron chi connectivity index (χ2n) is 4.26. The Morgan fingerprint density at radius 1 is 1.25 bits per heavy atom. The molecule has 0 atom stereocenters. The molecule has 0 fully saturated rings. The number of carboxylic acids is 1. The van der Waals surface area contributed by atoms with Gasteiger partial charge in [-0.15, -0.1) is 0 Å². The summed E-state index contributed by atoms with van der Waals surface area (Å²) >= 11 is 0. The predicted octanol–water partition coefficient (Wildman–Crippen LogP) is 1.92. The van der Waals surface area contributed by atoms with Crippen molar-refractivity contribution in [2.24, 2.45) is 5.73 Å². The van der Waals surface area contributed by atoms with Crippen molar-refractivity contribution in [2.45, 2.75) is 12.8 Å². The lowest BCUT2D eigenvalue weighted by Gasteiger charge is -2.05. The molecule has 6 nitrogen and oxygen atoms in total. The zero-order valence-electron chi connectivity index (χ0n) is 10.6. The summed E-state index contributed by atoms with van der Waals surface area (Å²) < 4.78 is 5.57. The smallest absolute Gasteiger partial charge is 0.303 e. The molecule has 0 saturated heterocycles. The van der Waals surface area contributed by atoms with E-state index in [1.165, 1.54) is 12.3 Å². The zero-order chi connectivity index (χ0) is 14.5. The first-order chi connectivity index (χ1) is 9.54. The molecule has 1 aromatic carbocycles. The van der Waals surface area contributed by atoms with Crippen molar-refractivity contribution < 1.29 is 19.4 Å². The third-order valence-corrected chi connectivity index (χ3v) is 2.68. The van der Waals surface area contributed by atoms with E-state index in [9.17, 15) is 9.59 Å². The van der Waals surface area contributed by atoms with Gasteiger partial charge in [0.25, 0.3) is 5.91 Å². The summed E-state index contributed by atoms with van der Waals surface area (Å²) in [5, 5.41) is 8.65. The summed E-state index contributed by atoms with van der Waals surface area (Å²) in [5.74, 6) is -0.361. The van der Waals surface area contributed by atoms with Crippen molar-refractivity contribution in [3.05, 3.63) is 47.8 Å². The lowest BCUT2D eigenvalue weighted by atomic mass is 10.1. The molecule has 0 bridgehead atoms. The van der Waals surface area contributed by atoms with E-state index < -0.39 is 11.9 Å². The molecule has 1 amide bonds. The van der Waals surface area contributed by atoms with Crippen LogP contribution in [0.15, 0.2) is 36.5 Å². The number of nitrogens with two attached hydrogens (primary N) is 1. The van der Waals surface area contributed by atoms with Gasteiger partial charge < -0.3 is 20.6 Å². The van der Waals surface area contributed by atoms with Gasteiger partial charge in [0.05, 0.1) is 0 Å². The zero-order valence-corrected chi connectivity index (χ0v) is 10.6. The summed E-state index contributed by atoms with van der Waals surface area (Å²) in [4.78, 5) is 24.2. The number of aromatic amines is 1. The van der Waals surface area contributed by atoms with E-state index in [-0.39, 0.29) is 12.1 Å². The van der Waals surface area contributed by atoms with Gasteiger partial charge in [-0.3, -0.25) is 9.59 Å². The Bertz CT molecular complexity index is 634. The number of carbonyl (C=O) groups excluding carboxylic acids is 1. The first kappa shape index (κ1) is 13.7. The van der Waals surface area contributed by atoms with Crippen molar-refractivity contribution in [2.75, 3.05) is 0 Å². The van der Waals surface area contributed by atoms with Gasteiger partial charge in [0, 0.05) is 18.7 Å². The molecule has 4 N–H and O–H groups in total. The Morgan fingerprint density at radius 2 is 2.05 bits per heavy atom. The lowest BCUT2D eigenvalue weighted by molar-refractivity contribution is -0.136. The number of ether oxygens (including phenoxy) is 1. The Hall–Kier alpha value is -2.76. The minimum absolute atomic E-state index is 0.0689. The number of carboxylic acid groups (broad SMARTS) is 1. The minimum atomic E-state index is -0.840. The second kappa shape index (κ2) is 5.92. The molecule has 0 spiro atoms. The highest BCUT2D eigenvalue weighted by Crippen LogP contribution is 2.23. The van der Waals surface area contributed by atoms with E-state index in [1.54, 1.807) is 18.2 Å². The number of hydrogen-bond donors (Lipinski definition) is 3. The van der Waals surface area contributed by atoms with E-state index in [2.05, 4.69) is 4.98 Å². The van der Waals surface area contributed by atoms with Crippen molar-refractivity contribution in [3.8, 4) is 11.5 Å². The van der Waals surface area contributed by atoms with Crippen molar-refractivity contribution in [3.63, 3.8) is 0 Å². The number of rotatable bonds is 6. The number of carbonyl (C=O) groups is 2. The highest BCUT2D eigenvalue weighted by atomic mass is 16.5. The average molecular weight is 274 g/mol. The van der Waals surface area contributed by atoms with Crippen molar-refractivity contribution in [1.29, 1.82) is 0 Å². The van der Waals surface area contributed by atoms with Crippen LogP contribution in [0.25, 0.3) is 0 Å². The maximum absolute atomic E-state index is 10.9. The molecular formula is C14H14N2O4. The maximum Gasteiger partial charge on any atom is 0.303 e. The van der Waals surface area contributed by atoms with Crippen LogP contribution in [0, 0.1) is 0 Å². The fourth-order valence-electron chi connectivity index (χ4n) is 1.73. The third kappa shape index (κ3) is 3.61. The fraction of sp³-hybridized carbons (Fsp3) is 0.143. The molecule has 2 aromatic rings. The highest BCUT2D eigenvalue weighted by molar-refractivity contribution is 5.91. The van der Waals surface area contributed by atoms with Crippen LogP contribution in [-0.4, -0.2) is 22.0 Å². The van der Waals surface area contributed by atoms with Gasteiger partial charge in [0.2, 0.25) is 0 Å². The van der Waals surface area contributed by atoms with Crippen LogP contribution >= 0.6 is 0 Å². The number of nitrogens with one attached hydrogen (secondary N) is 1. The standard InChI is InChI=1S/C14H14N2O4/c15-14(19)12-7-11(8-16-12)20-10-3-1-2-9(6-10)4-5-13(17)18/h1-3,6-8,16H,4-5H2,(H2,15,19)(H,17,18). The molecular weight excluding hydrogens is 260 g/mol. The molecule has 0 aliphatic heterocycles. The van der Waals surface area contributed by atoms with E-state index >= 15 is 0 Å². The topological polar surface area (TPSA) is 105 Å². The van der Waals surface area contributed by atoms with Crippen molar-refractivity contribution in [1.82, 2.24) is 4.98 Å². The van der Waals surface area contributed by atoms with E-state index in [1.807, 2.05) is 6.07 Å². The summed E-state index contributed by atoms with van der Waals surface area (Å²) in [6.07, 6.45) is 2.04. The molecule has 104 valence electrons. The minimum Gasteiger partial charge on any atom is -0.481 e. The summed E-state index contributed by atoms with van der Waals surface area (Å²) in [6, 6.07) is 8.64. The third-order valence-electron chi connectivity index (χ3n) is 2.68. The second-order valence-corrected chi connectivity index (χ2v) is 4.26. The normalized spacial score (nSPS) is 10.2. The quantitative estimate of drug-likeness (QED) is 0.748. The van der Waals surface area contributed by atoms with Gasteiger partial charge in [-0.2, -0.15) is 0 Å². The molecule has 0 aliphatic rings. The Labute approximate surface area is 115 Å². The largest absolute Gasteiger partial charge is 0.481 e. The number of amides is 1. The first-order valence-electron chi connectivity index (χ1n) is 6.01. The molecule has 0 saturated carbocycles. The number of aryl methyl sites for hydroxylation is 1. The van der Waals surface area contributed by atoms with Gasteiger partial charge in [-0.25, -0.2) is 0 Å². The number of aromatic nitrogens is 1. The van der Waals surface area contributed by atoms with Crippen LogP contribution in [0.3, 0.4) is 0 Å². The molecule has 2 rings (SSSR count). The first-order valence-corrected chi connectivity index (χ1v) is 6.01. The van der Waals surface area contributed by atoms with Crippen LogP contribution < -0.4 is 10.5 Å². The van der Waals surface area contributed by atoms with Crippen LogP contribution in [-0.2, 0) is 11.2 Å². The summed E-state index contributed by atoms with van der Waals surface area (Å²) in [5.41, 5.74) is 6.27. The number of H-pyrrole nitrogens is 1. The van der Waals surface area contributed by atoms with E-state index in [0.717, 1.165) is 5.56 Å². The highest BCUT2D eigenvalue weighted by Gasteiger charge is 2.06. The molecule has 0 radical (unpaired) electrons. The maximum atomic E-state index is 10.9. The predicted molar refractivity (Wildman–Crippen MR) is 71.8 cm³/mol. The van der Waals surface area contributed by atoms with Gasteiger partial charge in [0.15, 0.2) is 0 Å². The molecule has 1 heterocycles. The number of benzene rings is 1.